The standard InChI is InChI=1S/C10H6Cl2N2O2/c11-9-7(6-4-2-1-3-5-6)8(14(15)16)10(12)13-9/h1-5,13H. The van der Waals surface area contributed by atoms with Gasteiger partial charge in [-0.05, 0) is 5.56 Å². The molecule has 0 spiro atoms. The van der Waals surface area contributed by atoms with E-state index in [4.69, 9.17) is 23.2 Å². The average molecular weight is 257 g/mol. The molecule has 0 unspecified atom stereocenters. The molecule has 0 bridgehead atoms. The second kappa shape index (κ2) is 4.15. The van der Waals surface area contributed by atoms with Gasteiger partial charge in [-0.3, -0.25) is 10.1 Å². The monoisotopic (exact) mass is 256 g/mol. The summed E-state index contributed by atoms with van der Waals surface area (Å²) in [6, 6.07) is 8.83. The van der Waals surface area contributed by atoms with Crippen LogP contribution < -0.4 is 0 Å². The van der Waals surface area contributed by atoms with Crippen LogP contribution in [0, 0.1) is 10.1 Å². The highest BCUT2D eigenvalue weighted by Gasteiger charge is 2.26. The first-order chi connectivity index (χ1) is 7.61. The highest BCUT2D eigenvalue weighted by atomic mass is 35.5. The fourth-order valence-corrected chi connectivity index (χ4v) is 2.07. The minimum absolute atomic E-state index is 0.0612. The molecule has 1 N–H and O–H groups in total. The molecule has 82 valence electrons. The molecule has 6 heteroatoms. The van der Waals surface area contributed by atoms with Gasteiger partial charge in [0.2, 0.25) is 0 Å². The number of aromatic amines is 1. The molecule has 0 amide bonds. The van der Waals surface area contributed by atoms with Crippen molar-refractivity contribution in [2.24, 2.45) is 0 Å². The minimum atomic E-state index is -0.549. The molecule has 1 aromatic carbocycles. The van der Waals surface area contributed by atoms with Crippen LogP contribution in [0.2, 0.25) is 10.3 Å². The Bertz CT molecular complexity index is 537. The number of benzene rings is 1. The summed E-state index contributed by atoms with van der Waals surface area (Å²) < 4.78 is 0. The van der Waals surface area contributed by atoms with Crippen LogP contribution in [0.25, 0.3) is 11.1 Å². The maximum atomic E-state index is 10.9. The highest BCUT2D eigenvalue weighted by molar-refractivity contribution is 6.37. The van der Waals surface area contributed by atoms with Crippen molar-refractivity contribution in [2.45, 2.75) is 0 Å². The summed E-state index contributed by atoms with van der Waals surface area (Å²) in [5.74, 6) is 0. The predicted molar refractivity (Wildman–Crippen MR) is 62.9 cm³/mol. The zero-order valence-corrected chi connectivity index (χ0v) is 9.42. The first kappa shape index (κ1) is 11.0. The molecule has 0 saturated carbocycles. The quantitative estimate of drug-likeness (QED) is 0.655. The Morgan fingerprint density at radius 1 is 1.12 bits per heavy atom. The zero-order chi connectivity index (χ0) is 11.7. The van der Waals surface area contributed by atoms with Gasteiger partial charge in [0.1, 0.15) is 5.15 Å². The van der Waals surface area contributed by atoms with Crippen LogP contribution in [0.5, 0.6) is 0 Å². The van der Waals surface area contributed by atoms with Gasteiger partial charge in [-0.25, -0.2) is 0 Å². The van der Waals surface area contributed by atoms with E-state index in [1.165, 1.54) is 0 Å². The number of aromatic nitrogens is 1. The minimum Gasteiger partial charge on any atom is -0.330 e. The first-order valence-electron chi connectivity index (χ1n) is 4.38. The van der Waals surface area contributed by atoms with Gasteiger partial charge < -0.3 is 4.98 Å². The molecule has 0 radical (unpaired) electrons. The van der Waals surface area contributed by atoms with Crippen molar-refractivity contribution < 1.29 is 4.92 Å². The fourth-order valence-electron chi connectivity index (χ4n) is 1.47. The number of nitrogens with zero attached hydrogens (tertiary/aromatic N) is 1. The lowest BCUT2D eigenvalue weighted by molar-refractivity contribution is -0.383. The zero-order valence-electron chi connectivity index (χ0n) is 7.91. The van der Waals surface area contributed by atoms with Crippen LogP contribution >= 0.6 is 23.2 Å². The number of nitrogens with one attached hydrogen (secondary N) is 1. The second-order valence-corrected chi connectivity index (χ2v) is 3.86. The third-order valence-electron chi connectivity index (χ3n) is 2.13. The van der Waals surface area contributed by atoms with Gasteiger partial charge in [0.15, 0.2) is 5.15 Å². The highest BCUT2D eigenvalue weighted by Crippen LogP contribution is 2.41. The average Bonchev–Trinajstić information content (AvgIpc) is 2.55. The van der Waals surface area contributed by atoms with E-state index in [1.54, 1.807) is 24.3 Å². The van der Waals surface area contributed by atoms with Gasteiger partial charge >= 0.3 is 5.69 Å². The van der Waals surface area contributed by atoms with Crippen LogP contribution in [-0.4, -0.2) is 9.91 Å². The Kier molecular flexibility index (Phi) is 2.85. The van der Waals surface area contributed by atoms with Crippen molar-refractivity contribution in [1.82, 2.24) is 4.98 Å². The lowest BCUT2D eigenvalue weighted by Crippen LogP contribution is -1.89. The van der Waals surface area contributed by atoms with E-state index in [9.17, 15) is 10.1 Å². The predicted octanol–water partition coefficient (Wildman–Crippen LogP) is 3.90. The largest absolute Gasteiger partial charge is 0.330 e. The van der Waals surface area contributed by atoms with Crippen molar-refractivity contribution in [1.29, 1.82) is 0 Å². The SMILES string of the molecule is O=[N+]([O-])c1c(Cl)[nH]c(Cl)c1-c1ccccc1. The molecular weight excluding hydrogens is 251 g/mol. The van der Waals surface area contributed by atoms with E-state index < -0.39 is 4.92 Å². The van der Waals surface area contributed by atoms with E-state index in [-0.39, 0.29) is 16.0 Å². The molecule has 0 fully saturated rings. The number of rotatable bonds is 2. The lowest BCUT2D eigenvalue weighted by atomic mass is 10.1. The van der Waals surface area contributed by atoms with Gasteiger partial charge in [-0.15, -0.1) is 0 Å². The molecule has 0 aliphatic heterocycles. The van der Waals surface area contributed by atoms with Crippen molar-refractivity contribution in [3.8, 4) is 11.1 Å². The summed E-state index contributed by atoms with van der Waals surface area (Å²) in [5.41, 5.74) is 0.775. The van der Waals surface area contributed by atoms with E-state index in [1.807, 2.05) is 6.07 Å². The van der Waals surface area contributed by atoms with Gasteiger partial charge in [-0.2, -0.15) is 0 Å². The molecule has 2 rings (SSSR count). The van der Waals surface area contributed by atoms with Crippen molar-refractivity contribution >= 4 is 28.9 Å². The first-order valence-corrected chi connectivity index (χ1v) is 5.13. The van der Waals surface area contributed by atoms with E-state index in [2.05, 4.69) is 4.98 Å². The molecule has 0 atom stereocenters. The number of hydrogen-bond donors (Lipinski definition) is 1. The number of nitro groups is 1. The molecule has 0 saturated heterocycles. The third kappa shape index (κ3) is 1.77. The second-order valence-electron chi connectivity index (χ2n) is 3.10. The van der Waals surface area contributed by atoms with Crippen LogP contribution in [0.3, 0.4) is 0 Å². The number of H-pyrrole nitrogens is 1. The van der Waals surface area contributed by atoms with E-state index in [0.717, 1.165) is 0 Å². The summed E-state index contributed by atoms with van der Waals surface area (Å²) >= 11 is 11.6. The molecular formula is C10H6Cl2N2O2. The Labute approximate surface area is 101 Å². The number of hydrogen-bond acceptors (Lipinski definition) is 2. The summed E-state index contributed by atoms with van der Waals surface area (Å²) in [6.45, 7) is 0. The fraction of sp³-hybridized carbons (Fsp3) is 0. The Morgan fingerprint density at radius 3 is 2.31 bits per heavy atom. The molecule has 1 heterocycles. The van der Waals surface area contributed by atoms with Crippen LogP contribution in [-0.2, 0) is 0 Å². The summed E-state index contributed by atoms with van der Waals surface area (Å²) in [7, 11) is 0. The van der Waals surface area contributed by atoms with Crippen molar-refractivity contribution in [3.63, 3.8) is 0 Å². The molecule has 16 heavy (non-hydrogen) atoms. The van der Waals surface area contributed by atoms with Crippen LogP contribution in [0.4, 0.5) is 5.69 Å². The Hall–Kier alpha value is -1.52. The van der Waals surface area contributed by atoms with Gasteiger partial charge in [0.05, 0.1) is 10.5 Å². The third-order valence-corrected chi connectivity index (χ3v) is 2.69. The maximum Gasteiger partial charge on any atom is 0.315 e. The number of halogens is 2. The van der Waals surface area contributed by atoms with Crippen molar-refractivity contribution in [2.75, 3.05) is 0 Å². The van der Waals surface area contributed by atoms with Gasteiger partial charge in [0, 0.05) is 0 Å². The molecule has 2 aromatic rings. The normalized spacial score (nSPS) is 10.4. The van der Waals surface area contributed by atoms with Gasteiger partial charge in [0.25, 0.3) is 0 Å². The van der Waals surface area contributed by atoms with Crippen molar-refractivity contribution in [3.05, 3.63) is 50.8 Å². The van der Waals surface area contributed by atoms with Gasteiger partial charge in [-0.1, -0.05) is 53.5 Å². The van der Waals surface area contributed by atoms with E-state index in [0.29, 0.717) is 11.1 Å². The summed E-state index contributed by atoms with van der Waals surface area (Å²) in [6.07, 6.45) is 0. The lowest BCUT2D eigenvalue weighted by Gasteiger charge is -1.98. The summed E-state index contributed by atoms with van der Waals surface area (Å²) in [5, 5.41) is 11.0. The Morgan fingerprint density at radius 2 is 1.75 bits per heavy atom. The molecule has 4 nitrogen and oxygen atoms in total. The van der Waals surface area contributed by atoms with E-state index >= 15 is 0 Å². The molecule has 0 aliphatic rings. The molecule has 1 aromatic heterocycles. The van der Waals surface area contributed by atoms with Crippen LogP contribution in [0.15, 0.2) is 30.3 Å². The topological polar surface area (TPSA) is 58.9 Å². The summed E-state index contributed by atoms with van der Waals surface area (Å²) in [4.78, 5) is 12.9. The smallest absolute Gasteiger partial charge is 0.315 e. The molecule has 0 aliphatic carbocycles. The van der Waals surface area contributed by atoms with Crippen LogP contribution in [0.1, 0.15) is 0 Å². The Balaban J connectivity index is 2.69. The maximum absolute atomic E-state index is 10.9.